The summed E-state index contributed by atoms with van der Waals surface area (Å²) in [6.45, 7) is 3.54. The number of hydrogen-bond donors (Lipinski definition) is 1. The summed E-state index contributed by atoms with van der Waals surface area (Å²) in [6, 6.07) is 13.3. The number of carbonyl (C=O) groups excluding carboxylic acids is 1. The summed E-state index contributed by atoms with van der Waals surface area (Å²) < 4.78 is 67.6. The maximum absolute atomic E-state index is 12.9. The van der Waals surface area contributed by atoms with E-state index >= 15 is 0 Å². The normalized spacial score (nSPS) is 12.3. The molecule has 10 heteroatoms. The number of pyridine rings is 1. The Kier molecular flexibility index (Phi) is 6.78. The van der Waals surface area contributed by atoms with Crippen LogP contribution in [0.3, 0.4) is 0 Å². The zero-order valence-electron chi connectivity index (χ0n) is 17.8. The van der Waals surface area contributed by atoms with Gasteiger partial charge in [0.15, 0.2) is 0 Å². The molecule has 0 unspecified atom stereocenters. The number of hydrogen-bond acceptors (Lipinski definition) is 5. The number of anilines is 1. The summed E-state index contributed by atoms with van der Waals surface area (Å²) in [5, 5.41) is 2.74. The van der Waals surface area contributed by atoms with E-state index in [4.69, 9.17) is 0 Å². The molecule has 1 heterocycles. The molecule has 1 amide bonds. The summed E-state index contributed by atoms with van der Waals surface area (Å²) in [5.74, 6) is -1.11. The van der Waals surface area contributed by atoms with Gasteiger partial charge in [0.2, 0.25) is 15.7 Å². The molecule has 0 aliphatic rings. The van der Waals surface area contributed by atoms with Crippen molar-refractivity contribution in [3.05, 3.63) is 78.6 Å². The minimum absolute atomic E-state index is 0.242. The van der Waals surface area contributed by atoms with E-state index in [0.29, 0.717) is 12.1 Å². The molecule has 0 spiro atoms. The molecular weight excluding hydrogens is 457 g/mol. The van der Waals surface area contributed by atoms with Crippen LogP contribution >= 0.6 is 0 Å². The monoisotopic (exact) mass is 478 g/mol. The van der Waals surface area contributed by atoms with Crippen LogP contribution in [0, 0.1) is 5.41 Å². The molecule has 0 atom stereocenters. The SMILES string of the molecule is CC(C)(Cc1cccnc1)C(=O)Nc1ccc(S(=O)(=O)c2ccccc2OC(F)(F)F)cc1. The lowest BCUT2D eigenvalue weighted by Crippen LogP contribution is -2.32. The Balaban J connectivity index is 1.78. The number of nitrogens with zero attached hydrogens (tertiary/aromatic N) is 1. The molecule has 1 aromatic heterocycles. The second-order valence-electron chi connectivity index (χ2n) is 7.90. The fourth-order valence-electron chi connectivity index (χ4n) is 3.12. The van der Waals surface area contributed by atoms with Gasteiger partial charge < -0.3 is 10.1 Å². The lowest BCUT2D eigenvalue weighted by atomic mass is 9.85. The molecule has 3 aromatic rings. The van der Waals surface area contributed by atoms with Gasteiger partial charge in [0, 0.05) is 23.5 Å². The van der Waals surface area contributed by atoms with Crippen LogP contribution in [-0.2, 0) is 21.1 Å². The van der Waals surface area contributed by atoms with E-state index in [2.05, 4.69) is 15.0 Å². The maximum Gasteiger partial charge on any atom is 0.573 e. The molecule has 0 aliphatic heterocycles. The Morgan fingerprint density at radius 2 is 1.67 bits per heavy atom. The Labute approximate surface area is 189 Å². The average Bonchev–Trinajstić information content (AvgIpc) is 2.73. The largest absolute Gasteiger partial charge is 0.573 e. The van der Waals surface area contributed by atoms with Gasteiger partial charge in [-0.15, -0.1) is 13.2 Å². The predicted molar refractivity (Wildman–Crippen MR) is 115 cm³/mol. The average molecular weight is 478 g/mol. The molecule has 3 rings (SSSR count). The van der Waals surface area contributed by atoms with Gasteiger partial charge in [-0.25, -0.2) is 8.42 Å². The van der Waals surface area contributed by atoms with Crippen molar-refractivity contribution in [1.29, 1.82) is 0 Å². The Morgan fingerprint density at radius 3 is 2.27 bits per heavy atom. The standard InChI is InChI=1S/C23H21F3N2O4S/c1-22(2,14-16-6-5-13-27-15-16)21(29)28-17-9-11-18(12-10-17)33(30,31)20-8-4-3-7-19(20)32-23(24,25)26/h3-13,15H,14H2,1-2H3,(H,28,29). The number of halogens is 3. The molecule has 0 saturated heterocycles. The highest BCUT2D eigenvalue weighted by atomic mass is 32.2. The van der Waals surface area contributed by atoms with E-state index in [1.807, 2.05) is 6.07 Å². The van der Waals surface area contributed by atoms with Crippen LogP contribution in [0.1, 0.15) is 19.4 Å². The van der Waals surface area contributed by atoms with Gasteiger partial charge in [0.05, 0.1) is 4.90 Å². The second kappa shape index (κ2) is 9.22. The summed E-state index contributed by atoms with van der Waals surface area (Å²) in [4.78, 5) is 15.9. The van der Waals surface area contributed by atoms with Crippen LogP contribution in [0.15, 0.2) is 82.8 Å². The van der Waals surface area contributed by atoms with Gasteiger partial charge in [-0.05, 0) is 54.4 Å². The first kappa shape index (κ1) is 24.2. The summed E-state index contributed by atoms with van der Waals surface area (Å²) in [5.41, 5.74) is 0.457. The molecule has 0 bridgehead atoms. The van der Waals surface area contributed by atoms with E-state index in [0.717, 1.165) is 17.7 Å². The first-order valence-corrected chi connectivity index (χ1v) is 11.3. The minimum Gasteiger partial charge on any atom is -0.404 e. The smallest absolute Gasteiger partial charge is 0.404 e. The Hall–Kier alpha value is -3.40. The van der Waals surface area contributed by atoms with Crippen molar-refractivity contribution in [2.24, 2.45) is 5.41 Å². The molecular formula is C23H21F3N2O4S. The zero-order valence-corrected chi connectivity index (χ0v) is 18.6. The third-order valence-corrected chi connectivity index (χ3v) is 6.58. The summed E-state index contributed by atoms with van der Waals surface area (Å²) in [7, 11) is -4.30. The van der Waals surface area contributed by atoms with Crippen molar-refractivity contribution >= 4 is 21.4 Å². The van der Waals surface area contributed by atoms with Crippen LogP contribution in [0.5, 0.6) is 5.75 Å². The van der Waals surface area contributed by atoms with Gasteiger partial charge in [0.25, 0.3) is 0 Å². The van der Waals surface area contributed by atoms with Crippen molar-refractivity contribution < 1.29 is 31.1 Å². The molecule has 0 saturated carbocycles. The van der Waals surface area contributed by atoms with Crippen LogP contribution in [0.4, 0.5) is 18.9 Å². The minimum atomic E-state index is -5.04. The molecule has 33 heavy (non-hydrogen) atoms. The number of carbonyl (C=O) groups is 1. The number of ether oxygens (including phenoxy) is 1. The first-order chi connectivity index (χ1) is 15.4. The molecule has 2 aromatic carbocycles. The lowest BCUT2D eigenvalue weighted by molar-refractivity contribution is -0.275. The van der Waals surface area contributed by atoms with Gasteiger partial charge in [-0.3, -0.25) is 9.78 Å². The van der Waals surface area contributed by atoms with Gasteiger partial charge in [-0.1, -0.05) is 32.0 Å². The van der Waals surface area contributed by atoms with Gasteiger partial charge in [-0.2, -0.15) is 0 Å². The number of rotatable bonds is 7. The van der Waals surface area contributed by atoms with Crippen molar-refractivity contribution in [2.45, 2.75) is 36.4 Å². The number of aromatic nitrogens is 1. The quantitative estimate of drug-likeness (QED) is 0.515. The third kappa shape index (κ3) is 6.10. The highest BCUT2D eigenvalue weighted by molar-refractivity contribution is 7.91. The summed E-state index contributed by atoms with van der Waals surface area (Å²) >= 11 is 0. The number of nitrogens with one attached hydrogen (secondary N) is 1. The number of benzene rings is 2. The highest BCUT2D eigenvalue weighted by Crippen LogP contribution is 2.33. The topological polar surface area (TPSA) is 85.4 Å². The van der Waals surface area contributed by atoms with E-state index in [-0.39, 0.29) is 10.8 Å². The van der Waals surface area contributed by atoms with Gasteiger partial charge in [0.1, 0.15) is 10.6 Å². The van der Waals surface area contributed by atoms with Gasteiger partial charge >= 0.3 is 6.36 Å². The molecule has 0 aliphatic carbocycles. The van der Waals surface area contributed by atoms with Crippen molar-refractivity contribution in [3.63, 3.8) is 0 Å². The first-order valence-electron chi connectivity index (χ1n) is 9.79. The zero-order chi connectivity index (χ0) is 24.3. The molecule has 0 radical (unpaired) electrons. The summed E-state index contributed by atoms with van der Waals surface area (Å²) in [6.07, 6.45) is -1.29. The van der Waals surface area contributed by atoms with Crippen molar-refractivity contribution in [3.8, 4) is 5.75 Å². The van der Waals surface area contributed by atoms with E-state index in [9.17, 15) is 26.4 Å². The van der Waals surface area contributed by atoms with Crippen molar-refractivity contribution in [2.75, 3.05) is 5.32 Å². The fraction of sp³-hybridized carbons (Fsp3) is 0.217. The molecule has 1 N–H and O–H groups in total. The Morgan fingerprint density at radius 1 is 1.00 bits per heavy atom. The molecule has 0 fully saturated rings. The number of para-hydroxylation sites is 1. The molecule has 174 valence electrons. The van der Waals surface area contributed by atoms with E-state index in [1.54, 1.807) is 32.3 Å². The number of sulfone groups is 1. The number of amides is 1. The highest BCUT2D eigenvalue weighted by Gasteiger charge is 2.34. The third-order valence-electron chi connectivity index (χ3n) is 4.77. The van der Waals surface area contributed by atoms with Crippen LogP contribution < -0.4 is 10.1 Å². The van der Waals surface area contributed by atoms with Crippen molar-refractivity contribution in [1.82, 2.24) is 4.98 Å². The number of alkyl halides is 3. The predicted octanol–water partition coefficient (Wildman–Crippen LogP) is 5.02. The van der Waals surface area contributed by atoms with E-state index < -0.39 is 32.3 Å². The maximum atomic E-state index is 12.9. The van der Waals surface area contributed by atoms with Crippen LogP contribution in [-0.4, -0.2) is 25.7 Å². The second-order valence-corrected chi connectivity index (χ2v) is 9.82. The van der Waals surface area contributed by atoms with Crippen LogP contribution in [0.25, 0.3) is 0 Å². The van der Waals surface area contributed by atoms with E-state index in [1.165, 1.54) is 36.4 Å². The van der Waals surface area contributed by atoms with Crippen LogP contribution in [0.2, 0.25) is 0 Å². The Bertz CT molecular complexity index is 1230. The molecule has 6 nitrogen and oxygen atoms in total. The fourth-order valence-corrected chi connectivity index (χ4v) is 4.50. The lowest BCUT2D eigenvalue weighted by Gasteiger charge is -2.23.